The smallest absolute Gasteiger partial charge is 0.205 e. The normalized spacial score (nSPS) is 16.2. The maximum absolute atomic E-state index is 12.1. The molecule has 2 aliphatic carbocycles. The molecule has 0 amide bonds. The minimum absolute atomic E-state index is 0.0692. The minimum atomic E-state index is -0.359. The molecule has 18 heavy (non-hydrogen) atoms. The van der Waals surface area contributed by atoms with Crippen molar-refractivity contribution < 1.29 is 4.79 Å². The van der Waals surface area contributed by atoms with Gasteiger partial charge in [-0.25, -0.2) is 0 Å². The van der Waals surface area contributed by atoms with Crippen LogP contribution in [0.15, 0.2) is 47.1 Å². The number of nitrogens with zero attached hydrogens (tertiary/aromatic N) is 2. The lowest BCUT2D eigenvalue weighted by Crippen LogP contribution is -2.11. The number of allylic oxidation sites excluding steroid dienone is 5. The molecule has 0 aromatic heterocycles. The summed E-state index contributed by atoms with van der Waals surface area (Å²) in [5.41, 5.74) is 3.21. The molecule has 0 fully saturated rings. The van der Waals surface area contributed by atoms with Crippen molar-refractivity contribution in [3.63, 3.8) is 0 Å². The van der Waals surface area contributed by atoms with Crippen molar-refractivity contribution in [3.05, 3.63) is 58.2 Å². The van der Waals surface area contributed by atoms with Gasteiger partial charge in [0.15, 0.2) is 0 Å². The Labute approximate surface area is 104 Å². The largest absolute Gasteiger partial charge is 0.288 e. The lowest BCUT2D eigenvalue weighted by atomic mass is 9.88. The van der Waals surface area contributed by atoms with Crippen molar-refractivity contribution in [2.24, 2.45) is 0 Å². The summed E-state index contributed by atoms with van der Waals surface area (Å²) in [5.74, 6) is -0.359. The van der Waals surface area contributed by atoms with Crippen LogP contribution in [-0.4, -0.2) is 5.78 Å². The number of carbonyl (C=O) groups excluding carboxylic acids is 1. The van der Waals surface area contributed by atoms with Gasteiger partial charge in [-0.05, 0) is 28.9 Å². The molecular weight excluding hydrogens is 224 g/mol. The number of Topliss-reactive ketones (excluding diaryl/α,β-unsaturated/α-hetero) is 1. The maximum Gasteiger partial charge on any atom is 0.205 e. The van der Waals surface area contributed by atoms with Crippen molar-refractivity contribution in [2.45, 2.75) is 0 Å². The predicted molar refractivity (Wildman–Crippen MR) is 65.7 cm³/mol. The molecule has 3 heteroatoms. The second-order valence-electron chi connectivity index (χ2n) is 4.04. The highest BCUT2D eigenvalue weighted by Gasteiger charge is 2.31. The van der Waals surface area contributed by atoms with Crippen LogP contribution in [-0.2, 0) is 4.79 Å². The van der Waals surface area contributed by atoms with Crippen molar-refractivity contribution in [3.8, 4) is 12.1 Å². The number of hydrogen-bond donors (Lipinski definition) is 0. The van der Waals surface area contributed by atoms with Crippen molar-refractivity contribution in [1.29, 1.82) is 10.5 Å². The Morgan fingerprint density at radius 3 is 2.44 bits per heavy atom. The lowest BCUT2D eigenvalue weighted by Gasteiger charge is -2.11. The second-order valence-corrected chi connectivity index (χ2v) is 4.04. The third-order valence-corrected chi connectivity index (χ3v) is 3.10. The van der Waals surface area contributed by atoms with Gasteiger partial charge in [0.25, 0.3) is 0 Å². The predicted octanol–water partition coefficient (Wildman–Crippen LogP) is 2.39. The van der Waals surface area contributed by atoms with Gasteiger partial charge in [-0.2, -0.15) is 10.5 Å². The monoisotopic (exact) mass is 230 g/mol. The molecule has 1 aromatic carbocycles. The fourth-order valence-corrected chi connectivity index (χ4v) is 2.26. The molecule has 0 radical (unpaired) electrons. The average molecular weight is 230 g/mol. The zero-order valence-corrected chi connectivity index (χ0v) is 9.27. The van der Waals surface area contributed by atoms with Crippen LogP contribution in [0.4, 0.5) is 0 Å². The summed E-state index contributed by atoms with van der Waals surface area (Å²) >= 11 is 0. The Hall–Kier alpha value is -2.91. The average Bonchev–Trinajstić information content (AvgIpc) is 2.77. The number of carbonyl (C=O) groups is 1. The van der Waals surface area contributed by atoms with E-state index in [9.17, 15) is 4.79 Å². The maximum atomic E-state index is 12.1. The number of ketones is 1. The molecular formula is C15H6N2O. The number of nitriles is 2. The Kier molecular flexibility index (Phi) is 2.02. The first kappa shape index (κ1) is 10.3. The number of fused-ring (bicyclic) bond motifs is 3. The number of rotatable bonds is 0. The van der Waals surface area contributed by atoms with Gasteiger partial charge in [-0.1, -0.05) is 24.3 Å². The molecule has 1 aromatic rings. The van der Waals surface area contributed by atoms with E-state index in [1.807, 2.05) is 36.4 Å². The summed E-state index contributed by atoms with van der Waals surface area (Å²) in [4.78, 5) is 12.1. The standard InChI is InChI=1S/C15H6N2O/c16-7-10-6-12-11-4-2-1-3-9(11)5-13(12)15(18)14(10)8-17/h1-6H. The van der Waals surface area contributed by atoms with Crippen LogP contribution in [0.3, 0.4) is 0 Å². The SMILES string of the molecule is N#CC1=C(C#N)C(=O)C2=Cc3ccccc3C2=C1. The number of hydrogen-bond acceptors (Lipinski definition) is 3. The first-order chi connectivity index (χ1) is 8.76. The quantitative estimate of drug-likeness (QED) is 0.687. The van der Waals surface area contributed by atoms with E-state index in [4.69, 9.17) is 10.5 Å². The van der Waals surface area contributed by atoms with Gasteiger partial charge in [-0.15, -0.1) is 0 Å². The minimum Gasteiger partial charge on any atom is -0.288 e. The molecule has 0 saturated carbocycles. The van der Waals surface area contributed by atoms with Gasteiger partial charge in [0.05, 0.1) is 5.57 Å². The zero-order valence-electron chi connectivity index (χ0n) is 9.27. The Morgan fingerprint density at radius 2 is 1.72 bits per heavy atom. The molecule has 0 saturated heterocycles. The van der Waals surface area contributed by atoms with Gasteiger partial charge >= 0.3 is 0 Å². The summed E-state index contributed by atoms with van der Waals surface area (Å²) in [6.07, 6.45) is 3.40. The van der Waals surface area contributed by atoms with E-state index in [1.54, 1.807) is 12.2 Å². The van der Waals surface area contributed by atoms with E-state index < -0.39 is 0 Å². The summed E-state index contributed by atoms with van der Waals surface area (Å²) < 4.78 is 0. The van der Waals surface area contributed by atoms with Gasteiger partial charge < -0.3 is 0 Å². The van der Waals surface area contributed by atoms with E-state index in [0.29, 0.717) is 5.57 Å². The van der Waals surface area contributed by atoms with Crippen LogP contribution < -0.4 is 0 Å². The van der Waals surface area contributed by atoms with E-state index in [2.05, 4.69) is 0 Å². The summed E-state index contributed by atoms with van der Waals surface area (Å²) in [6.45, 7) is 0. The van der Waals surface area contributed by atoms with Gasteiger partial charge in [-0.3, -0.25) is 4.79 Å². The molecule has 0 spiro atoms. The first-order valence-electron chi connectivity index (χ1n) is 5.38. The topological polar surface area (TPSA) is 64.7 Å². The van der Waals surface area contributed by atoms with Crippen molar-refractivity contribution in [1.82, 2.24) is 0 Å². The molecule has 82 valence electrons. The van der Waals surface area contributed by atoms with E-state index >= 15 is 0 Å². The van der Waals surface area contributed by atoms with Crippen LogP contribution in [0, 0.1) is 22.7 Å². The zero-order chi connectivity index (χ0) is 12.7. The van der Waals surface area contributed by atoms with Gasteiger partial charge in [0, 0.05) is 5.57 Å². The Morgan fingerprint density at radius 1 is 0.944 bits per heavy atom. The van der Waals surface area contributed by atoms with Crippen molar-refractivity contribution in [2.75, 3.05) is 0 Å². The molecule has 3 nitrogen and oxygen atoms in total. The fraction of sp³-hybridized carbons (Fsp3) is 0. The van der Waals surface area contributed by atoms with Gasteiger partial charge in [0.1, 0.15) is 17.7 Å². The van der Waals surface area contributed by atoms with Crippen LogP contribution in [0.1, 0.15) is 11.1 Å². The summed E-state index contributed by atoms with van der Waals surface area (Å²) in [6, 6.07) is 11.3. The first-order valence-corrected chi connectivity index (χ1v) is 5.38. The van der Waals surface area contributed by atoms with Crippen LogP contribution >= 0.6 is 0 Å². The molecule has 0 bridgehead atoms. The van der Waals surface area contributed by atoms with Crippen molar-refractivity contribution >= 4 is 17.4 Å². The lowest BCUT2D eigenvalue weighted by molar-refractivity contribution is -0.111. The Balaban J connectivity index is 2.30. The van der Waals surface area contributed by atoms with Crippen LogP contribution in [0.2, 0.25) is 0 Å². The van der Waals surface area contributed by atoms with E-state index in [0.717, 1.165) is 16.7 Å². The van der Waals surface area contributed by atoms with Crippen LogP contribution in [0.25, 0.3) is 11.6 Å². The molecule has 0 atom stereocenters. The van der Waals surface area contributed by atoms with E-state index in [1.165, 1.54) is 0 Å². The molecule has 3 rings (SSSR count). The fourth-order valence-electron chi connectivity index (χ4n) is 2.26. The highest BCUT2D eigenvalue weighted by Crippen LogP contribution is 2.40. The molecule has 2 aliphatic rings. The molecule has 0 aliphatic heterocycles. The highest BCUT2D eigenvalue weighted by atomic mass is 16.1. The van der Waals surface area contributed by atoms with Crippen LogP contribution in [0.5, 0.6) is 0 Å². The third-order valence-electron chi connectivity index (χ3n) is 3.10. The molecule has 0 N–H and O–H groups in total. The summed E-state index contributed by atoms with van der Waals surface area (Å²) in [5, 5.41) is 18.0. The third kappa shape index (κ3) is 1.19. The van der Waals surface area contributed by atoms with Gasteiger partial charge in [0.2, 0.25) is 5.78 Å². The summed E-state index contributed by atoms with van der Waals surface area (Å²) in [7, 11) is 0. The molecule has 0 unspecified atom stereocenters. The second kappa shape index (κ2) is 3.55. The number of benzene rings is 1. The van der Waals surface area contributed by atoms with E-state index in [-0.39, 0.29) is 16.9 Å². The Bertz CT molecular complexity index is 764. The molecule has 0 heterocycles. The highest BCUT2D eigenvalue weighted by molar-refractivity contribution is 6.28.